The number of hydrogen-bond acceptors (Lipinski definition) is 7. The van der Waals surface area contributed by atoms with Crippen molar-refractivity contribution in [3.05, 3.63) is 103 Å². The van der Waals surface area contributed by atoms with Gasteiger partial charge in [0.1, 0.15) is 17.3 Å². The van der Waals surface area contributed by atoms with Crippen LogP contribution in [0.25, 0.3) is 22.7 Å². The van der Waals surface area contributed by atoms with Gasteiger partial charge < -0.3 is 14.4 Å². The second kappa shape index (κ2) is 12.1. The molecule has 1 amide bonds. The summed E-state index contributed by atoms with van der Waals surface area (Å²) in [6.45, 7) is 3.97. The number of para-hydroxylation sites is 1. The second-order valence-electron chi connectivity index (χ2n) is 8.77. The van der Waals surface area contributed by atoms with Crippen molar-refractivity contribution < 1.29 is 19.2 Å². The van der Waals surface area contributed by atoms with E-state index in [4.69, 9.17) is 14.5 Å². The second-order valence-corrected chi connectivity index (χ2v) is 9.57. The van der Waals surface area contributed by atoms with Crippen LogP contribution in [0.15, 0.2) is 76.0 Å². The minimum absolute atomic E-state index is 0.0343. The molecule has 0 N–H and O–H groups in total. The Labute approximate surface area is 238 Å². The number of amides is 1. The molecule has 0 saturated heterocycles. The predicted molar refractivity (Wildman–Crippen MR) is 156 cm³/mol. The summed E-state index contributed by atoms with van der Waals surface area (Å²) in [7, 11) is 3.04. The number of carbonyl (C=O) groups is 1. The van der Waals surface area contributed by atoms with Gasteiger partial charge in [-0.05, 0) is 65.7 Å². The number of ether oxygens (including phenoxy) is 2. The highest BCUT2D eigenvalue weighted by molar-refractivity contribution is 9.10. The average molecular weight is 607 g/mol. The molecule has 1 aromatic heterocycles. The van der Waals surface area contributed by atoms with Gasteiger partial charge in [0.2, 0.25) is 5.91 Å². The van der Waals surface area contributed by atoms with Gasteiger partial charge in [0.15, 0.2) is 0 Å². The number of aromatic nitrogens is 2. The van der Waals surface area contributed by atoms with E-state index in [1.54, 1.807) is 66.4 Å². The van der Waals surface area contributed by atoms with E-state index in [9.17, 15) is 19.7 Å². The lowest BCUT2D eigenvalue weighted by molar-refractivity contribution is -0.384. The summed E-state index contributed by atoms with van der Waals surface area (Å²) in [6.07, 6.45) is 2.99. The SMILES string of the molecule is CCN(C(=O)/C=C/c1ccc([N+](=O)[O-])cc1)C(C)c1nc2ccccc2c(=O)n1-c1cc(OC)cc(OC)c1Br. The Bertz CT molecular complexity index is 1670. The first-order valence-corrected chi connectivity index (χ1v) is 13.2. The van der Waals surface area contributed by atoms with E-state index < -0.39 is 11.0 Å². The molecule has 0 spiro atoms. The minimum Gasteiger partial charge on any atom is -0.497 e. The minimum atomic E-state index is -0.625. The molecule has 1 heterocycles. The average Bonchev–Trinajstić information content (AvgIpc) is 2.97. The molecule has 0 aliphatic heterocycles. The predicted octanol–water partition coefficient (Wildman–Crippen LogP) is 5.70. The third kappa shape index (κ3) is 5.59. The van der Waals surface area contributed by atoms with Crippen molar-refractivity contribution in [3.8, 4) is 17.2 Å². The Kier molecular flexibility index (Phi) is 8.64. The smallest absolute Gasteiger partial charge is 0.269 e. The fourth-order valence-corrected chi connectivity index (χ4v) is 4.95. The first-order valence-electron chi connectivity index (χ1n) is 12.4. The van der Waals surface area contributed by atoms with Crippen molar-refractivity contribution in [1.82, 2.24) is 14.5 Å². The summed E-state index contributed by atoms with van der Waals surface area (Å²) >= 11 is 3.57. The molecule has 0 aliphatic rings. The van der Waals surface area contributed by atoms with Gasteiger partial charge in [0.05, 0.1) is 46.2 Å². The molecule has 3 aromatic carbocycles. The lowest BCUT2D eigenvalue weighted by atomic mass is 10.1. The molecular formula is C29H27BrN4O6. The zero-order valence-electron chi connectivity index (χ0n) is 22.3. The van der Waals surface area contributed by atoms with Crippen LogP contribution in [-0.2, 0) is 4.79 Å². The highest BCUT2D eigenvalue weighted by Crippen LogP contribution is 2.37. The Hall–Kier alpha value is -4.51. The molecule has 0 saturated carbocycles. The first-order chi connectivity index (χ1) is 19.2. The Balaban J connectivity index is 1.83. The normalized spacial score (nSPS) is 11.9. The van der Waals surface area contributed by atoms with Crippen LogP contribution in [0.3, 0.4) is 0 Å². The number of non-ortho nitro benzene ring substituents is 1. The molecule has 40 heavy (non-hydrogen) atoms. The van der Waals surface area contributed by atoms with E-state index in [0.717, 1.165) is 0 Å². The van der Waals surface area contributed by atoms with Crippen molar-refractivity contribution in [2.24, 2.45) is 0 Å². The van der Waals surface area contributed by atoms with Gasteiger partial charge in [0, 0.05) is 36.9 Å². The number of nitrogens with zero attached hydrogens (tertiary/aromatic N) is 4. The van der Waals surface area contributed by atoms with Gasteiger partial charge in [-0.15, -0.1) is 0 Å². The molecule has 4 rings (SSSR count). The van der Waals surface area contributed by atoms with Crippen LogP contribution in [0.4, 0.5) is 5.69 Å². The quantitative estimate of drug-likeness (QED) is 0.136. The zero-order chi connectivity index (χ0) is 29.0. The van der Waals surface area contributed by atoms with Crippen molar-refractivity contribution in [3.63, 3.8) is 0 Å². The number of carbonyl (C=O) groups excluding carboxylic acids is 1. The number of rotatable bonds is 9. The van der Waals surface area contributed by atoms with E-state index in [1.165, 1.54) is 37.0 Å². The van der Waals surface area contributed by atoms with Crippen LogP contribution in [0, 0.1) is 10.1 Å². The Morgan fingerprint density at radius 1 is 1.15 bits per heavy atom. The molecule has 0 radical (unpaired) electrons. The molecule has 0 aliphatic carbocycles. The molecule has 0 fully saturated rings. The summed E-state index contributed by atoms with van der Waals surface area (Å²) < 4.78 is 13.0. The van der Waals surface area contributed by atoms with Crippen molar-refractivity contribution in [2.75, 3.05) is 20.8 Å². The standard InChI is InChI=1S/C29H27BrN4O6/c1-5-32(26(35)15-12-19-10-13-20(14-11-19)34(37)38)18(2)28-31-23-9-7-6-8-22(23)29(36)33(28)24-16-21(39-3)17-25(40-4)27(24)30/h6-18H,5H2,1-4H3/b15-12+. The largest absolute Gasteiger partial charge is 0.497 e. The van der Waals surface area contributed by atoms with Gasteiger partial charge in [-0.2, -0.15) is 0 Å². The molecule has 0 bridgehead atoms. The van der Waals surface area contributed by atoms with Crippen molar-refractivity contribution in [2.45, 2.75) is 19.9 Å². The molecule has 11 heteroatoms. The molecule has 10 nitrogen and oxygen atoms in total. The Morgan fingerprint density at radius 3 is 2.48 bits per heavy atom. The summed E-state index contributed by atoms with van der Waals surface area (Å²) in [5, 5.41) is 11.3. The summed E-state index contributed by atoms with van der Waals surface area (Å²) in [6, 6.07) is 15.7. The number of benzene rings is 3. The van der Waals surface area contributed by atoms with Crippen LogP contribution < -0.4 is 15.0 Å². The van der Waals surface area contributed by atoms with Gasteiger partial charge >= 0.3 is 0 Å². The number of nitro benzene ring substituents is 1. The molecular weight excluding hydrogens is 580 g/mol. The molecule has 1 unspecified atom stereocenters. The number of hydrogen-bond donors (Lipinski definition) is 0. The van der Waals surface area contributed by atoms with E-state index in [0.29, 0.717) is 50.5 Å². The molecule has 206 valence electrons. The van der Waals surface area contributed by atoms with Gasteiger partial charge in [0.25, 0.3) is 11.2 Å². The van der Waals surface area contributed by atoms with E-state index in [-0.39, 0.29) is 17.2 Å². The lowest BCUT2D eigenvalue weighted by Gasteiger charge is -2.29. The fourth-order valence-electron chi connectivity index (χ4n) is 4.38. The first kappa shape index (κ1) is 28.5. The maximum atomic E-state index is 13.9. The van der Waals surface area contributed by atoms with Crippen LogP contribution in [0.1, 0.15) is 31.3 Å². The summed E-state index contributed by atoms with van der Waals surface area (Å²) in [4.78, 5) is 44.2. The maximum absolute atomic E-state index is 13.9. The van der Waals surface area contributed by atoms with E-state index in [1.807, 2.05) is 6.92 Å². The van der Waals surface area contributed by atoms with Crippen LogP contribution in [0.2, 0.25) is 0 Å². The van der Waals surface area contributed by atoms with Crippen LogP contribution in [-0.4, -0.2) is 46.0 Å². The summed E-state index contributed by atoms with van der Waals surface area (Å²) in [5.41, 5.74) is 1.24. The Morgan fingerprint density at radius 2 is 1.85 bits per heavy atom. The van der Waals surface area contributed by atoms with E-state index in [2.05, 4.69) is 15.9 Å². The third-order valence-corrected chi connectivity index (χ3v) is 7.28. The van der Waals surface area contributed by atoms with Crippen molar-refractivity contribution in [1.29, 1.82) is 0 Å². The number of halogens is 1. The lowest BCUT2D eigenvalue weighted by Crippen LogP contribution is -2.36. The zero-order valence-corrected chi connectivity index (χ0v) is 23.9. The van der Waals surface area contributed by atoms with Crippen LogP contribution >= 0.6 is 15.9 Å². The number of methoxy groups -OCH3 is 2. The highest BCUT2D eigenvalue weighted by Gasteiger charge is 2.26. The van der Waals surface area contributed by atoms with Gasteiger partial charge in [-0.25, -0.2) is 4.98 Å². The third-order valence-electron chi connectivity index (χ3n) is 6.48. The van der Waals surface area contributed by atoms with Crippen molar-refractivity contribution >= 4 is 44.5 Å². The number of nitro groups is 1. The summed E-state index contributed by atoms with van der Waals surface area (Å²) in [5.74, 6) is 0.967. The monoisotopic (exact) mass is 606 g/mol. The molecule has 4 aromatic rings. The topological polar surface area (TPSA) is 117 Å². The molecule has 1 atom stereocenters. The fraction of sp³-hybridized carbons (Fsp3) is 0.207. The van der Waals surface area contributed by atoms with Gasteiger partial charge in [-0.3, -0.25) is 24.3 Å². The maximum Gasteiger partial charge on any atom is 0.269 e. The highest BCUT2D eigenvalue weighted by atomic mass is 79.9. The van der Waals surface area contributed by atoms with Gasteiger partial charge in [-0.1, -0.05) is 12.1 Å². The number of fused-ring (bicyclic) bond motifs is 1. The van der Waals surface area contributed by atoms with Crippen LogP contribution in [0.5, 0.6) is 11.5 Å². The number of likely N-dealkylation sites (N-methyl/N-ethyl adjacent to an activating group) is 1. The van der Waals surface area contributed by atoms with E-state index >= 15 is 0 Å².